The van der Waals surface area contributed by atoms with Crippen molar-refractivity contribution < 1.29 is 4.74 Å². The molecule has 0 amide bonds. The molecular formula is C16H34N2O. The van der Waals surface area contributed by atoms with E-state index in [9.17, 15) is 0 Å². The standard InChI is InChI=1S/C16H34N2O/c1-5-9-17-13-16(6-2,7-3)14-18-10-8-15(11-18)12-19-4/h15,17H,5-14H2,1-4H3. The average molecular weight is 270 g/mol. The molecule has 1 aliphatic heterocycles. The van der Waals surface area contributed by atoms with Gasteiger partial charge in [-0.3, -0.25) is 0 Å². The molecule has 1 saturated heterocycles. The number of hydrogen-bond donors (Lipinski definition) is 1. The summed E-state index contributed by atoms with van der Waals surface area (Å²) in [5.74, 6) is 0.750. The second kappa shape index (κ2) is 8.93. The number of nitrogens with zero attached hydrogens (tertiary/aromatic N) is 1. The molecule has 1 rings (SSSR count). The van der Waals surface area contributed by atoms with Gasteiger partial charge in [0.25, 0.3) is 0 Å². The fraction of sp³-hybridized carbons (Fsp3) is 1.00. The summed E-state index contributed by atoms with van der Waals surface area (Å²) >= 11 is 0. The Morgan fingerprint density at radius 3 is 2.58 bits per heavy atom. The smallest absolute Gasteiger partial charge is 0.0503 e. The third-order valence-corrected chi connectivity index (χ3v) is 4.76. The zero-order valence-corrected chi connectivity index (χ0v) is 13.5. The van der Waals surface area contributed by atoms with Crippen LogP contribution in [-0.4, -0.2) is 51.3 Å². The Morgan fingerprint density at radius 1 is 1.26 bits per heavy atom. The van der Waals surface area contributed by atoms with Gasteiger partial charge in [0.1, 0.15) is 0 Å². The Kier molecular flexibility index (Phi) is 7.96. The van der Waals surface area contributed by atoms with Gasteiger partial charge in [-0.1, -0.05) is 20.8 Å². The second-order valence-corrected chi connectivity index (χ2v) is 6.23. The Bertz CT molecular complexity index is 229. The summed E-state index contributed by atoms with van der Waals surface area (Å²) in [6, 6.07) is 0. The lowest BCUT2D eigenvalue weighted by atomic mass is 9.81. The average Bonchev–Trinajstić information content (AvgIpc) is 2.85. The van der Waals surface area contributed by atoms with Gasteiger partial charge in [-0.05, 0) is 50.1 Å². The first-order valence-corrected chi connectivity index (χ1v) is 8.11. The van der Waals surface area contributed by atoms with Gasteiger partial charge in [0.15, 0.2) is 0 Å². The molecule has 1 aliphatic rings. The number of nitrogens with one attached hydrogen (secondary N) is 1. The quantitative estimate of drug-likeness (QED) is 0.618. The fourth-order valence-electron chi connectivity index (χ4n) is 3.21. The van der Waals surface area contributed by atoms with Crippen LogP contribution in [0.15, 0.2) is 0 Å². The minimum atomic E-state index is 0.455. The molecule has 114 valence electrons. The van der Waals surface area contributed by atoms with Crippen molar-refractivity contribution in [2.24, 2.45) is 11.3 Å². The molecule has 19 heavy (non-hydrogen) atoms. The van der Waals surface area contributed by atoms with Crippen LogP contribution in [0.2, 0.25) is 0 Å². The second-order valence-electron chi connectivity index (χ2n) is 6.23. The van der Waals surface area contributed by atoms with E-state index in [-0.39, 0.29) is 0 Å². The highest BCUT2D eigenvalue weighted by Gasteiger charge is 2.31. The lowest BCUT2D eigenvalue weighted by Crippen LogP contribution is -2.43. The van der Waals surface area contributed by atoms with Crippen molar-refractivity contribution in [3.63, 3.8) is 0 Å². The first-order chi connectivity index (χ1) is 9.19. The van der Waals surface area contributed by atoms with Gasteiger partial charge in [0, 0.05) is 26.7 Å². The summed E-state index contributed by atoms with van der Waals surface area (Å²) in [6.07, 6.45) is 5.07. The minimum Gasteiger partial charge on any atom is -0.384 e. The van der Waals surface area contributed by atoms with E-state index >= 15 is 0 Å². The van der Waals surface area contributed by atoms with Crippen LogP contribution in [-0.2, 0) is 4.74 Å². The van der Waals surface area contributed by atoms with Crippen LogP contribution in [0.25, 0.3) is 0 Å². The molecule has 3 nitrogen and oxygen atoms in total. The van der Waals surface area contributed by atoms with Crippen molar-refractivity contribution in [2.75, 3.05) is 46.4 Å². The summed E-state index contributed by atoms with van der Waals surface area (Å²) in [4.78, 5) is 2.66. The Labute approximate surface area is 120 Å². The van der Waals surface area contributed by atoms with Gasteiger partial charge in [0.05, 0.1) is 6.61 Å². The van der Waals surface area contributed by atoms with Crippen molar-refractivity contribution in [3.05, 3.63) is 0 Å². The van der Waals surface area contributed by atoms with Crippen LogP contribution >= 0.6 is 0 Å². The molecular weight excluding hydrogens is 236 g/mol. The maximum absolute atomic E-state index is 5.30. The van der Waals surface area contributed by atoms with Crippen LogP contribution in [0.4, 0.5) is 0 Å². The molecule has 1 atom stereocenters. The molecule has 1 unspecified atom stereocenters. The molecule has 1 N–H and O–H groups in total. The third-order valence-electron chi connectivity index (χ3n) is 4.76. The van der Waals surface area contributed by atoms with Crippen molar-refractivity contribution in [3.8, 4) is 0 Å². The van der Waals surface area contributed by atoms with E-state index in [1.807, 2.05) is 7.11 Å². The molecule has 0 aromatic rings. The van der Waals surface area contributed by atoms with Crippen LogP contribution in [0.5, 0.6) is 0 Å². The number of ether oxygens (including phenoxy) is 1. The summed E-state index contributed by atoms with van der Waals surface area (Å²) in [7, 11) is 1.82. The largest absolute Gasteiger partial charge is 0.384 e. The Morgan fingerprint density at radius 2 is 2.00 bits per heavy atom. The first kappa shape index (κ1) is 16.9. The SMILES string of the molecule is CCCNCC(CC)(CC)CN1CCC(COC)C1. The van der Waals surface area contributed by atoms with E-state index in [0.717, 1.165) is 19.1 Å². The number of hydrogen-bond acceptors (Lipinski definition) is 3. The molecule has 0 saturated carbocycles. The minimum absolute atomic E-state index is 0.455. The highest BCUT2D eigenvalue weighted by molar-refractivity contribution is 4.86. The molecule has 0 aromatic heterocycles. The molecule has 0 radical (unpaired) electrons. The van der Waals surface area contributed by atoms with E-state index < -0.39 is 0 Å². The molecule has 1 fully saturated rings. The van der Waals surface area contributed by atoms with Gasteiger partial charge in [-0.2, -0.15) is 0 Å². The van der Waals surface area contributed by atoms with E-state index in [0.29, 0.717) is 5.41 Å². The lowest BCUT2D eigenvalue weighted by molar-refractivity contribution is 0.130. The molecule has 0 spiro atoms. The van der Waals surface area contributed by atoms with E-state index in [1.165, 1.54) is 51.9 Å². The predicted molar refractivity (Wildman–Crippen MR) is 82.6 cm³/mol. The number of likely N-dealkylation sites (tertiary alicyclic amines) is 1. The summed E-state index contributed by atoms with van der Waals surface area (Å²) < 4.78 is 5.30. The van der Waals surface area contributed by atoms with Gasteiger partial charge >= 0.3 is 0 Å². The van der Waals surface area contributed by atoms with Gasteiger partial charge in [-0.25, -0.2) is 0 Å². The molecule has 0 bridgehead atoms. The van der Waals surface area contributed by atoms with Crippen LogP contribution < -0.4 is 5.32 Å². The monoisotopic (exact) mass is 270 g/mol. The van der Waals surface area contributed by atoms with Crippen molar-refractivity contribution in [1.82, 2.24) is 10.2 Å². The topological polar surface area (TPSA) is 24.5 Å². The van der Waals surface area contributed by atoms with Crippen LogP contribution in [0, 0.1) is 11.3 Å². The zero-order valence-electron chi connectivity index (χ0n) is 13.5. The summed E-state index contributed by atoms with van der Waals surface area (Å²) in [5.41, 5.74) is 0.455. The van der Waals surface area contributed by atoms with Gasteiger partial charge < -0.3 is 15.0 Å². The molecule has 1 heterocycles. The normalized spacial score (nSPS) is 21.2. The van der Waals surface area contributed by atoms with Gasteiger partial charge in [0.2, 0.25) is 0 Å². The Balaban J connectivity index is 2.44. The van der Waals surface area contributed by atoms with E-state index in [1.54, 1.807) is 0 Å². The van der Waals surface area contributed by atoms with Crippen LogP contribution in [0.1, 0.15) is 46.5 Å². The van der Waals surface area contributed by atoms with Crippen molar-refractivity contribution in [1.29, 1.82) is 0 Å². The number of rotatable bonds is 10. The zero-order chi connectivity index (χ0) is 14.1. The van der Waals surface area contributed by atoms with E-state index in [4.69, 9.17) is 4.74 Å². The maximum atomic E-state index is 5.30. The molecule has 0 aromatic carbocycles. The molecule has 0 aliphatic carbocycles. The van der Waals surface area contributed by atoms with Crippen molar-refractivity contribution in [2.45, 2.75) is 46.5 Å². The summed E-state index contributed by atoms with van der Waals surface area (Å²) in [6.45, 7) is 13.9. The van der Waals surface area contributed by atoms with Gasteiger partial charge in [-0.15, -0.1) is 0 Å². The highest BCUT2D eigenvalue weighted by atomic mass is 16.5. The van der Waals surface area contributed by atoms with Crippen LogP contribution in [0.3, 0.4) is 0 Å². The summed E-state index contributed by atoms with van der Waals surface area (Å²) in [5, 5.41) is 3.64. The Hall–Kier alpha value is -0.120. The third kappa shape index (κ3) is 5.41. The predicted octanol–water partition coefficient (Wildman–Crippen LogP) is 2.76. The number of methoxy groups -OCH3 is 1. The van der Waals surface area contributed by atoms with E-state index in [2.05, 4.69) is 31.0 Å². The van der Waals surface area contributed by atoms with Crippen molar-refractivity contribution >= 4 is 0 Å². The fourth-order valence-corrected chi connectivity index (χ4v) is 3.21. The molecule has 3 heteroatoms. The first-order valence-electron chi connectivity index (χ1n) is 8.11. The highest BCUT2D eigenvalue weighted by Crippen LogP contribution is 2.29. The lowest BCUT2D eigenvalue weighted by Gasteiger charge is -2.36. The maximum Gasteiger partial charge on any atom is 0.0503 e.